The molecule has 0 heterocycles. The second-order valence-electron chi connectivity index (χ2n) is 6.17. The Morgan fingerprint density at radius 2 is 1.57 bits per heavy atom. The van der Waals surface area contributed by atoms with E-state index in [-0.39, 0.29) is 18.3 Å². The molecule has 0 radical (unpaired) electrons. The molecule has 142 valence electrons. The number of rotatable bonds is 7. The maximum Gasteiger partial charge on any atom is 0.277 e. The van der Waals surface area contributed by atoms with Crippen molar-refractivity contribution in [2.45, 2.75) is 13.3 Å². The number of phenolic OH excluding ortho intramolecular Hbond substituents is 1. The minimum absolute atomic E-state index is 0.124. The third-order valence-electron chi connectivity index (χ3n) is 4.18. The molecule has 0 aliphatic carbocycles. The van der Waals surface area contributed by atoms with E-state index in [1.54, 1.807) is 24.3 Å². The minimum atomic E-state index is -0.336. The van der Waals surface area contributed by atoms with Gasteiger partial charge in [-0.1, -0.05) is 49.4 Å². The summed E-state index contributed by atoms with van der Waals surface area (Å²) in [5, 5.41) is 13.5. The predicted molar refractivity (Wildman–Crippen MR) is 110 cm³/mol. The smallest absolute Gasteiger partial charge is 0.277 e. The van der Waals surface area contributed by atoms with Crippen molar-refractivity contribution in [3.05, 3.63) is 84.4 Å². The van der Waals surface area contributed by atoms with Crippen molar-refractivity contribution in [3.8, 4) is 22.6 Å². The molecule has 28 heavy (non-hydrogen) atoms. The number of nitrogens with one attached hydrogen (secondary N) is 1. The van der Waals surface area contributed by atoms with Crippen LogP contribution in [0.25, 0.3) is 11.1 Å². The van der Waals surface area contributed by atoms with Crippen LogP contribution >= 0.6 is 0 Å². The highest BCUT2D eigenvalue weighted by Crippen LogP contribution is 2.22. The van der Waals surface area contributed by atoms with Crippen molar-refractivity contribution < 1.29 is 14.6 Å². The fourth-order valence-corrected chi connectivity index (χ4v) is 2.69. The lowest BCUT2D eigenvalue weighted by Gasteiger charge is -2.08. The summed E-state index contributed by atoms with van der Waals surface area (Å²) in [5.74, 6) is 0.472. The normalized spacial score (nSPS) is 11.1. The summed E-state index contributed by atoms with van der Waals surface area (Å²) < 4.78 is 5.53. The van der Waals surface area contributed by atoms with Crippen LogP contribution in [0.2, 0.25) is 0 Å². The van der Waals surface area contributed by atoms with Gasteiger partial charge in [0.15, 0.2) is 6.61 Å². The number of ether oxygens (including phenoxy) is 1. The van der Waals surface area contributed by atoms with Crippen LogP contribution in [0.4, 0.5) is 0 Å². The Morgan fingerprint density at radius 3 is 2.21 bits per heavy atom. The van der Waals surface area contributed by atoms with E-state index in [0.29, 0.717) is 12.2 Å². The van der Waals surface area contributed by atoms with E-state index in [1.807, 2.05) is 61.5 Å². The van der Waals surface area contributed by atoms with Crippen LogP contribution in [0, 0.1) is 0 Å². The molecule has 0 aliphatic rings. The van der Waals surface area contributed by atoms with Gasteiger partial charge in [-0.2, -0.15) is 5.10 Å². The summed E-state index contributed by atoms with van der Waals surface area (Å²) in [6, 6.07) is 24.3. The van der Waals surface area contributed by atoms with E-state index < -0.39 is 0 Å². The molecule has 0 aliphatic heterocycles. The quantitative estimate of drug-likeness (QED) is 0.477. The number of hydrogen-bond donors (Lipinski definition) is 2. The van der Waals surface area contributed by atoms with Gasteiger partial charge in [0.25, 0.3) is 5.91 Å². The number of aromatic hydroxyl groups is 1. The maximum absolute atomic E-state index is 12.0. The molecule has 0 atom stereocenters. The maximum atomic E-state index is 12.0. The Balaban J connectivity index is 1.54. The third kappa shape index (κ3) is 5.20. The van der Waals surface area contributed by atoms with Gasteiger partial charge in [0.05, 0.1) is 5.71 Å². The van der Waals surface area contributed by atoms with Crippen LogP contribution < -0.4 is 10.2 Å². The molecule has 0 saturated heterocycles. The first-order chi connectivity index (χ1) is 13.7. The predicted octanol–water partition coefficient (Wildman–Crippen LogP) is 4.37. The second kappa shape index (κ2) is 9.37. The number of hydrogen-bond acceptors (Lipinski definition) is 4. The van der Waals surface area contributed by atoms with E-state index in [0.717, 1.165) is 22.4 Å². The molecule has 0 unspecified atom stereocenters. The van der Waals surface area contributed by atoms with Crippen LogP contribution in [-0.4, -0.2) is 23.3 Å². The van der Waals surface area contributed by atoms with Crippen LogP contribution in [-0.2, 0) is 4.79 Å². The number of carbonyl (C=O) groups is 1. The zero-order chi connectivity index (χ0) is 19.8. The molecular formula is C23H22N2O3. The molecule has 0 aromatic heterocycles. The standard InChI is InChI=1S/C23H22N2O3/c1-2-22(19-8-12-20(26)13-9-19)24-25-23(27)16-28-21-14-10-18(11-15-21)17-6-4-3-5-7-17/h3-15,26H,2,16H2,1H3,(H,25,27)/b24-22+. The number of amides is 1. The topological polar surface area (TPSA) is 70.9 Å². The highest BCUT2D eigenvalue weighted by Gasteiger charge is 2.05. The van der Waals surface area contributed by atoms with Crippen molar-refractivity contribution >= 4 is 11.6 Å². The first kappa shape index (κ1) is 19.2. The molecule has 5 heteroatoms. The summed E-state index contributed by atoms with van der Waals surface area (Å²) in [4.78, 5) is 12.0. The number of phenols is 1. The van der Waals surface area contributed by atoms with E-state index in [9.17, 15) is 9.90 Å². The Hall–Kier alpha value is -3.60. The van der Waals surface area contributed by atoms with Gasteiger partial charge in [-0.3, -0.25) is 4.79 Å². The fourth-order valence-electron chi connectivity index (χ4n) is 2.69. The highest BCUT2D eigenvalue weighted by molar-refractivity contribution is 6.01. The van der Waals surface area contributed by atoms with Crippen LogP contribution in [0.15, 0.2) is 84.0 Å². The molecule has 3 aromatic rings. The van der Waals surface area contributed by atoms with Gasteiger partial charge in [-0.05, 0) is 59.5 Å². The zero-order valence-electron chi connectivity index (χ0n) is 15.6. The molecule has 0 fully saturated rings. The van der Waals surface area contributed by atoms with Crippen molar-refractivity contribution in [1.82, 2.24) is 5.43 Å². The van der Waals surface area contributed by atoms with E-state index in [1.165, 1.54) is 0 Å². The minimum Gasteiger partial charge on any atom is -0.508 e. The Morgan fingerprint density at radius 1 is 0.929 bits per heavy atom. The lowest BCUT2D eigenvalue weighted by atomic mass is 10.1. The molecule has 0 spiro atoms. The fraction of sp³-hybridized carbons (Fsp3) is 0.130. The summed E-state index contributed by atoms with van der Waals surface area (Å²) in [7, 11) is 0. The Labute approximate surface area is 164 Å². The summed E-state index contributed by atoms with van der Waals surface area (Å²) in [5.41, 5.74) is 6.30. The van der Waals surface area contributed by atoms with Crippen molar-refractivity contribution in [3.63, 3.8) is 0 Å². The van der Waals surface area contributed by atoms with E-state index in [4.69, 9.17) is 4.74 Å². The lowest BCUT2D eigenvalue weighted by Crippen LogP contribution is -2.26. The lowest BCUT2D eigenvalue weighted by molar-refractivity contribution is -0.123. The number of hydrazone groups is 1. The van der Waals surface area contributed by atoms with Gasteiger partial charge in [0, 0.05) is 0 Å². The molecule has 5 nitrogen and oxygen atoms in total. The molecule has 3 rings (SSSR count). The van der Waals surface area contributed by atoms with Crippen LogP contribution in [0.1, 0.15) is 18.9 Å². The molecule has 1 amide bonds. The van der Waals surface area contributed by atoms with Crippen molar-refractivity contribution in [1.29, 1.82) is 0 Å². The summed E-state index contributed by atoms with van der Waals surface area (Å²) in [6.07, 6.45) is 0.646. The molecule has 0 saturated carbocycles. The first-order valence-electron chi connectivity index (χ1n) is 9.09. The van der Waals surface area contributed by atoms with Gasteiger partial charge in [-0.15, -0.1) is 0 Å². The first-order valence-corrected chi connectivity index (χ1v) is 9.09. The third-order valence-corrected chi connectivity index (χ3v) is 4.18. The SMILES string of the molecule is CC/C(=N\NC(=O)COc1ccc(-c2ccccc2)cc1)c1ccc(O)cc1. The Kier molecular flexibility index (Phi) is 6.41. The monoisotopic (exact) mass is 374 g/mol. The largest absolute Gasteiger partial charge is 0.508 e. The zero-order valence-corrected chi connectivity index (χ0v) is 15.6. The highest BCUT2D eigenvalue weighted by atomic mass is 16.5. The van der Waals surface area contributed by atoms with E-state index >= 15 is 0 Å². The number of nitrogens with zero attached hydrogens (tertiary/aromatic N) is 1. The molecule has 2 N–H and O–H groups in total. The Bertz CT molecular complexity index is 934. The van der Waals surface area contributed by atoms with Gasteiger partial charge in [0.2, 0.25) is 0 Å². The van der Waals surface area contributed by atoms with Crippen LogP contribution in [0.5, 0.6) is 11.5 Å². The molecular weight excluding hydrogens is 352 g/mol. The van der Waals surface area contributed by atoms with Gasteiger partial charge < -0.3 is 9.84 Å². The average molecular weight is 374 g/mol. The second-order valence-corrected chi connectivity index (χ2v) is 6.17. The number of carbonyl (C=O) groups excluding carboxylic acids is 1. The average Bonchev–Trinajstić information content (AvgIpc) is 2.75. The van der Waals surface area contributed by atoms with Gasteiger partial charge >= 0.3 is 0 Å². The van der Waals surface area contributed by atoms with Gasteiger partial charge in [-0.25, -0.2) is 5.43 Å². The summed E-state index contributed by atoms with van der Waals surface area (Å²) in [6.45, 7) is 1.82. The van der Waals surface area contributed by atoms with Crippen LogP contribution in [0.3, 0.4) is 0 Å². The van der Waals surface area contributed by atoms with Crippen molar-refractivity contribution in [2.24, 2.45) is 5.10 Å². The van der Waals surface area contributed by atoms with Crippen molar-refractivity contribution in [2.75, 3.05) is 6.61 Å². The number of benzene rings is 3. The van der Waals surface area contributed by atoms with Gasteiger partial charge in [0.1, 0.15) is 11.5 Å². The summed E-state index contributed by atoms with van der Waals surface area (Å²) >= 11 is 0. The molecule has 3 aromatic carbocycles. The van der Waals surface area contributed by atoms with E-state index in [2.05, 4.69) is 10.5 Å². The molecule has 0 bridgehead atoms.